The largest absolute Gasteiger partial charge is 0.493 e. The molecule has 0 N–H and O–H groups in total. The number of benzene rings is 1. The van der Waals surface area contributed by atoms with Crippen LogP contribution in [0.15, 0.2) is 23.8 Å². The van der Waals surface area contributed by atoms with Crippen molar-refractivity contribution in [3.63, 3.8) is 0 Å². The molecule has 124 valence electrons. The SMILES string of the molecule is COc1ccc(C2=C(C#N)CCC(C#N)C2)cc1OC1CCCC1. The van der Waals surface area contributed by atoms with Gasteiger partial charge >= 0.3 is 0 Å². The molecule has 1 unspecified atom stereocenters. The van der Waals surface area contributed by atoms with Crippen LogP contribution >= 0.6 is 0 Å². The third-order valence-corrected chi connectivity index (χ3v) is 4.98. The van der Waals surface area contributed by atoms with Crippen molar-refractivity contribution < 1.29 is 9.47 Å². The van der Waals surface area contributed by atoms with Crippen molar-refractivity contribution in [3.8, 4) is 23.6 Å². The molecule has 2 aliphatic rings. The van der Waals surface area contributed by atoms with Gasteiger partial charge in [-0.05, 0) is 68.2 Å². The Balaban J connectivity index is 1.94. The fourth-order valence-corrected chi connectivity index (χ4v) is 3.61. The molecule has 3 rings (SSSR count). The molecular formula is C20H22N2O2. The van der Waals surface area contributed by atoms with E-state index >= 15 is 0 Å². The standard InChI is InChI=1S/C20H22N2O2/c1-23-19-9-8-15(11-20(19)24-17-4-2-3-5-17)18-10-14(12-21)6-7-16(18)13-22/h8-9,11,14,17H,2-7,10H2,1H3. The number of nitrogens with zero attached hydrogens (tertiary/aromatic N) is 2. The minimum Gasteiger partial charge on any atom is -0.493 e. The fraction of sp³-hybridized carbons (Fsp3) is 0.500. The van der Waals surface area contributed by atoms with Crippen molar-refractivity contribution in [2.45, 2.75) is 51.0 Å². The monoisotopic (exact) mass is 322 g/mol. The highest BCUT2D eigenvalue weighted by atomic mass is 16.5. The molecule has 2 aliphatic carbocycles. The summed E-state index contributed by atoms with van der Waals surface area (Å²) in [4.78, 5) is 0. The highest BCUT2D eigenvalue weighted by Crippen LogP contribution is 2.39. The molecule has 1 atom stereocenters. The van der Waals surface area contributed by atoms with Crippen LogP contribution in [0, 0.1) is 28.6 Å². The lowest BCUT2D eigenvalue weighted by Gasteiger charge is -2.22. The maximum absolute atomic E-state index is 9.43. The summed E-state index contributed by atoms with van der Waals surface area (Å²) in [6, 6.07) is 10.5. The second kappa shape index (κ2) is 7.41. The Morgan fingerprint density at radius 2 is 1.88 bits per heavy atom. The first-order valence-corrected chi connectivity index (χ1v) is 8.62. The average molecular weight is 322 g/mol. The molecule has 0 amide bonds. The van der Waals surface area contributed by atoms with Crippen molar-refractivity contribution in [2.24, 2.45) is 5.92 Å². The third-order valence-electron chi connectivity index (χ3n) is 4.98. The zero-order valence-electron chi connectivity index (χ0n) is 14.0. The Morgan fingerprint density at radius 3 is 2.54 bits per heavy atom. The van der Waals surface area contributed by atoms with Crippen molar-refractivity contribution in [1.29, 1.82) is 10.5 Å². The number of nitriles is 2. The van der Waals surface area contributed by atoms with Gasteiger partial charge in [-0.1, -0.05) is 6.07 Å². The third kappa shape index (κ3) is 3.39. The van der Waals surface area contributed by atoms with Crippen LogP contribution in [0.5, 0.6) is 11.5 Å². The molecule has 1 saturated carbocycles. The normalized spacial score (nSPS) is 21.2. The van der Waals surface area contributed by atoms with Crippen molar-refractivity contribution in [1.82, 2.24) is 0 Å². The van der Waals surface area contributed by atoms with Gasteiger partial charge in [0.15, 0.2) is 11.5 Å². The first-order chi connectivity index (χ1) is 11.7. The van der Waals surface area contributed by atoms with E-state index in [9.17, 15) is 10.5 Å². The zero-order valence-corrected chi connectivity index (χ0v) is 14.0. The van der Waals surface area contributed by atoms with E-state index in [2.05, 4.69) is 12.1 Å². The van der Waals surface area contributed by atoms with Gasteiger partial charge in [-0.2, -0.15) is 10.5 Å². The van der Waals surface area contributed by atoms with Crippen LogP contribution < -0.4 is 9.47 Å². The number of methoxy groups -OCH3 is 1. The van der Waals surface area contributed by atoms with Crippen molar-refractivity contribution in [3.05, 3.63) is 29.3 Å². The molecular weight excluding hydrogens is 300 g/mol. The number of hydrogen-bond donors (Lipinski definition) is 0. The Bertz CT molecular complexity index is 718. The van der Waals surface area contributed by atoms with Gasteiger partial charge in [0.25, 0.3) is 0 Å². The average Bonchev–Trinajstić information content (AvgIpc) is 3.14. The van der Waals surface area contributed by atoms with E-state index in [4.69, 9.17) is 9.47 Å². The van der Waals surface area contributed by atoms with Gasteiger partial charge in [0.05, 0.1) is 31.3 Å². The van der Waals surface area contributed by atoms with Crippen LogP contribution in [0.3, 0.4) is 0 Å². The Morgan fingerprint density at radius 1 is 1.08 bits per heavy atom. The topological polar surface area (TPSA) is 66.0 Å². The first-order valence-electron chi connectivity index (χ1n) is 8.62. The lowest BCUT2D eigenvalue weighted by Crippen LogP contribution is -2.12. The zero-order chi connectivity index (χ0) is 16.9. The van der Waals surface area contributed by atoms with Gasteiger partial charge in [-0.3, -0.25) is 0 Å². The lowest BCUT2D eigenvalue weighted by atomic mass is 9.82. The van der Waals surface area contributed by atoms with Crippen LogP contribution in [-0.2, 0) is 0 Å². The summed E-state index contributed by atoms with van der Waals surface area (Å²) in [5, 5.41) is 18.7. The second-order valence-corrected chi connectivity index (χ2v) is 6.53. The quantitative estimate of drug-likeness (QED) is 0.811. The molecule has 1 aromatic carbocycles. The molecule has 0 spiro atoms. The van der Waals surface area contributed by atoms with E-state index in [1.54, 1.807) is 7.11 Å². The molecule has 0 saturated heterocycles. The van der Waals surface area contributed by atoms with Crippen LogP contribution in [0.4, 0.5) is 0 Å². The fourth-order valence-electron chi connectivity index (χ4n) is 3.61. The molecule has 0 aromatic heterocycles. The summed E-state index contributed by atoms with van der Waals surface area (Å²) in [6.45, 7) is 0. The molecule has 0 radical (unpaired) electrons. The van der Waals surface area contributed by atoms with Crippen LogP contribution in [0.2, 0.25) is 0 Å². The minimum absolute atomic E-state index is 0.0154. The van der Waals surface area contributed by atoms with Crippen LogP contribution in [0.1, 0.15) is 50.5 Å². The van der Waals surface area contributed by atoms with Gasteiger partial charge in [-0.15, -0.1) is 0 Å². The van der Waals surface area contributed by atoms with Gasteiger partial charge in [-0.25, -0.2) is 0 Å². The maximum atomic E-state index is 9.43. The number of hydrogen-bond acceptors (Lipinski definition) is 4. The predicted octanol–water partition coefficient (Wildman–Crippen LogP) is 4.62. The summed E-state index contributed by atoms with van der Waals surface area (Å²) < 4.78 is 11.6. The molecule has 1 fully saturated rings. The van der Waals surface area contributed by atoms with E-state index in [1.165, 1.54) is 12.8 Å². The molecule has 24 heavy (non-hydrogen) atoms. The molecule has 0 bridgehead atoms. The predicted molar refractivity (Wildman–Crippen MR) is 91.4 cm³/mol. The maximum Gasteiger partial charge on any atom is 0.162 e. The van der Waals surface area contributed by atoms with Crippen molar-refractivity contribution in [2.75, 3.05) is 7.11 Å². The minimum atomic E-state index is -0.0154. The Kier molecular flexibility index (Phi) is 5.06. The number of rotatable bonds is 4. The number of ether oxygens (including phenoxy) is 2. The second-order valence-electron chi connectivity index (χ2n) is 6.53. The summed E-state index contributed by atoms with van der Waals surface area (Å²) in [6.07, 6.45) is 6.90. The van der Waals surface area contributed by atoms with E-state index < -0.39 is 0 Å². The number of allylic oxidation sites excluding steroid dienone is 2. The van der Waals surface area contributed by atoms with E-state index in [0.29, 0.717) is 12.8 Å². The van der Waals surface area contributed by atoms with Gasteiger partial charge in [0, 0.05) is 5.57 Å². The summed E-state index contributed by atoms with van der Waals surface area (Å²) in [5.41, 5.74) is 2.74. The Hall–Kier alpha value is -2.46. The van der Waals surface area contributed by atoms with E-state index in [-0.39, 0.29) is 12.0 Å². The van der Waals surface area contributed by atoms with Gasteiger partial charge in [0.2, 0.25) is 0 Å². The highest BCUT2D eigenvalue weighted by molar-refractivity contribution is 5.74. The van der Waals surface area contributed by atoms with Crippen molar-refractivity contribution >= 4 is 5.57 Å². The summed E-state index contributed by atoms with van der Waals surface area (Å²) in [7, 11) is 1.64. The molecule has 4 heteroatoms. The highest BCUT2D eigenvalue weighted by Gasteiger charge is 2.24. The van der Waals surface area contributed by atoms with Gasteiger partial charge < -0.3 is 9.47 Å². The Labute approximate surface area is 143 Å². The molecule has 0 heterocycles. The smallest absolute Gasteiger partial charge is 0.162 e. The molecule has 0 aliphatic heterocycles. The van der Waals surface area contributed by atoms with Gasteiger partial charge in [0.1, 0.15) is 0 Å². The van der Waals surface area contributed by atoms with Crippen LogP contribution in [0.25, 0.3) is 5.57 Å². The molecule has 4 nitrogen and oxygen atoms in total. The van der Waals surface area contributed by atoms with Crippen LogP contribution in [-0.4, -0.2) is 13.2 Å². The van der Waals surface area contributed by atoms with E-state index in [0.717, 1.165) is 47.5 Å². The summed E-state index contributed by atoms with van der Waals surface area (Å²) in [5.74, 6) is 1.45. The lowest BCUT2D eigenvalue weighted by molar-refractivity contribution is 0.200. The first kappa shape index (κ1) is 16.4. The molecule has 1 aromatic rings. The summed E-state index contributed by atoms with van der Waals surface area (Å²) >= 11 is 0. The van der Waals surface area contributed by atoms with E-state index in [1.807, 2.05) is 18.2 Å².